The minimum Gasteiger partial charge on any atom is -0.297 e. The number of hydrogen-bond donors (Lipinski definition) is 2. The fourth-order valence-electron chi connectivity index (χ4n) is 2.28. The van der Waals surface area contributed by atoms with Gasteiger partial charge >= 0.3 is 0 Å². The molecule has 0 aliphatic heterocycles. The summed E-state index contributed by atoms with van der Waals surface area (Å²) in [5, 5.41) is 2.04. The summed E-state index contributed by atoms with van der Waals surface area (Å²) in [6, 6.07) is 6.39. The highest BCUT2D eigenvalue weighted by Gasteiger charge is 2.16. The topological polar surface area (TPSA) is 55.3 Å². The maximum absolute atomic E-state index is 5.76. The van der Waals surface area contributed by atoms with Crippen LogP contribution in [0.25, 0.3) is 4.96 Å². The minimum absolute atomic E-state index is 0.0754. The molecule has 0 aliphatic rings. The van der Waals surface area contributed by atoms with Gasteiger partial charge in [0.15, 0.2) is 4.96 Å². The molecule has 1 atom stereocenters. The Morgan fingerprint density at radius 2 is 2.35 bits per heavy atom. The highest BCUT2D eigenvalue weighted by atomic mass is 127. The second-order valence-corrected chi connectivity index (χ2v) is 6.68. The first kappa shape index (κ1) is 14.0. The zero-order chi connectivity index (χ0) is 14.1. The third-order valence-corrected chi connectivity index (χ3v) is 5.60. The maximum Gasteiger partial charge on any atom is 0.193 e. The van der Waals surface area contributed by atoms with Crippen LogP contribution < -0.4 is 11.3 Å². The van der Waals surface area contributed by atoms with Gasteiger partial charge in [0.1, 0.15) is 0 Å². The van der Waals surface area contributed by atoms with Crippen molar-refractivity contribution >= 4 is 38.9 Å². The van der Waals surface area contributed by atoms with Crippen LogP contribution in [0.5, 0.6) is 0 Å². The predicted molar refractivity (Wildman–Crippen MR) is 90.7 cm³/mol. The molecule has 1 unspecified atom stereocenters. The minimum atomic E-state index is 0.0754. The van der Waals surface area contributed by atoms with Crippen molar-refractivity contribution in [3.63, 3.8) is 0 Å². The van der Waals surface area contributed by atoms with Gasteiger partial charge in [-0.2, -0.15) is 0 Å². The Bertz CT molecular complexity index is 705. The Balaban J connectivity index is 1.90. The van der Waals surface area contributed by atoms with Crippen molar-refractivity contribution in [1.29, 1.82) is 0 Å². The molecule has 0 aliphatic carbocycles. The molecule has 3 rings (SSSR count). The maximum atomic E-state index is 5.76. The molecule has 0 fully saturated rings. The van der Waals surface area contributed by atoms with Crippen LogP contribution in [0.1, 0.15) is 22.9 Å². The third-order valence-electron chi connectivity index (χ3n) is 3.35. The molecule has 0 saturated heterocycles. The van der Waals surface area contributed by atoms with E-state index in [9.17, 15) is 0 Å². The largest absolute Gasteiger partial charge is 0.297 e. The van der Waals surface area contributed by atoms with E-state index >= 15 is 0 Å². The number of aromatic nitrogens is 2. The number of aryl methyl sites for hydroxylation is 1. The van der Waals surface area contributed by atoms with Crippen molar-refractivity contribution in [2.24, 2.45) is 5.84 Å². The summed E-state index contributed by atoms with van der Waals surface area (Å²) in [5.74, 6) is 5.76. The number of fused-ring (bicyclic) bond motifs is 1. The number of nitrogens with one attached hydrogen (secondary N) is 1. The lowest BCUT2D eigenvalue weighted by Gasteiger charge is -2.17. The summed E-state index contributed by atoms with van der Waals surface area (Å²) in [5.41, 5.74) is 6.47. The Labute approximate surface area is 135 Å². The van der Waals surface area contributed by atoms with E-state index in [0.29, 0.717) is 0 Å². The summed E-state index contributed by atoms with van der Waals surface area (Å²) >= 11 is 4.02. The van der Waals surface area contributed by atoms with Crippen molar-refractivity contribution < 1.29 is 0 Å². The molecule has 2 aromatic heterocycles. The van der Waals surface area contributed by atoms with E-state index in [4.69, 9.17) is 5.84 Å². The highest BCUT2D eigenvalue weighted by molar-refractivity contribution is 14.1. The zero-order valence-electron chi connectivity index (χ0n) is 11.0. The van der Waals surface area contributed by atoms with Crippen molar-refractivity contribution in [3.05, 3.63) is 56.4 Å². The number of thiazole rings is 1. The lowest BCUT2D eigenvalue weighted by Crippen LogP contribution is -2.30. The molecule has 20 heavy (non-hydrogen) atoms. The second kappa shape index (κ2) is 5.80. The molecule has 0 saturated carbocycles. The molecule has 6 heteroatoms. The van der Waals surface area contributed by atoms with Crippen molar-refractivity contribution in [2.75, 3.05) is 0 Å². The van der Waals surface area contributed by atoms with E-state index in [1.165, 1.54) is 14.7 Å². The normalized spacial score (nSPS) is 12.9. The van der Waals surface area contributed by atoms with Crippen LogP contribution >= 0.6 is 33.9 Å². The van der Waals surface area contributed by atoms with E-state index in [0.717, 1.165) is 17.1 Å². The summed E-state index contributed by atoms with van der Waals surface area (Å²) in [4.78, 5) is 5.64. The van der Waals surface area contributed by atoms with E-state index < -0.39 is 0 Å². The van der Waals surface area contributed by atoms with Gasteiger partial charge in [-0.25, -0.2) is 4.98 Å². The van der Waals surface area contributed by atoms with Gasteiger partial charge in [-0.3, -0.25) is 15.7 Å². The standard InChI is InChI=1S/C14H15IN4S/c1-9-3-2-4-11(13(9)15)12(18-16)7-10-8-19-5-6-20-14(19)17-10/h2-6,8,12,18H,7,16H2,1H3. The number of halogens is 1. The van der Waals surface area contributed by atoms with Crippen LogP contribution in [-0.2, 0) is 6.42 Å². The molecule has 3 aromatic rings. The summed E-state index contributed by atoms with van der Waals surface area (Å²) in [6.07, 6.45) is 4.88. The molecule has 3 N–H and O–H groups in total. The van der Waals surface area contributed by atoms with Gasteiger partial charge in [-0.1, -0.05) is 18.2 Å². The number of nitrogens with zero attached hydrogens (tertiary/aromatic N) is 2. The number of nitrogens with two attached hydrogens (primary N) is 1. The van der Waals surface area contributed by atoms with Crippen LogP contribution in [0.2, 0.25) is 0 Å². The number of imidazole rings is 1. The van der Waals surface area contributed by atoms with Crippen molar-refractivity contribution in [3.8, 4) is 0 Å². The quantitative estimate of drug-likeness (QED) is 0.404. The Morgan fingerprint density at radius 3 is 3.10 bits per heavy atom. The van der Waals surface area contributed by atoms with Gasteiger partial charge in [0.2, 0.25) is 0 Å². The van der Waals surface area contributed by atoms with Gasteiger partial charge in [0, 0.05) is 27.8 Å². The smallest absolute Gasteiger partial charge is 0.193 e. The molecule has 104 valence electrons. The molecule has 1 aromatic carbocycles. The lowest BCUT2D eigenvalue weighted by atomic mass is 10.0. The molecular weight excluding hydrogens is 383 g/mol. The Hall–Kier alpha value is -0.960. The van der Waals surface area contributed by atoms with Crippen molar-refractivity contribution in [2.45, 2.75) is 19.4 Å². The number of rotatable bonds is 4. The fourth-order valence-corrected chi connectivity index (χ4v) is 3.74. The van der Waals surface area contributed by atoms with Crippen LogP contribution in [0.15, 0.2) is 36.0 Å². The van der Waals surface area contributed by atoms with Gasteiger partial charge in [-0.05, 0) is 40.6 Å². The van der Waals surface area contributed by atoms with Gasteiger partial charge in [-0.15, -0.1) is 11.3 Å². The van der Waals surface area contributed by atoms with E-state index in [1.54, 1.807) is 11.3 Å². The van der Waals surface area contributed by atoms with E-state index in [2.05, 4.69) is 68.7 Å². The first-order valence-electron chi connectivity index (χ1n) is 6.31. The number of hydrazine groups is 1. The van der Waals surface area contributed by atoms with E-state index in [-0.39, 0.29) is 6.04 Å². The molecular formula is C14H15IN4S. The highest BCUT2D eigenvalue weighted by Crippen LogP contribution is 2.25. The molecule has 0 spiro atoms. The van der Waals surface area contributed by atoms with Crippen LogP contribution in [0, 0.1) is 10.5 Å². The first-order chi connectivity index (χ1) is 9.69. The molecule has 2 heterocycles. The summed E-state index contributed by atoms with van der Waals surface area (Å²) in [7, 11) is 0. The number of benzene rings is 1. The lowest BCUT2D eigenvalue weighted by molar-refractivity contribution is 0.544. The average molecular weight is 398 g/mol. The summed E-state index contributed by atoms with van der Waals surface area (Å²) < 4.78 is 3.31. The van der Waals surface area contributed by atoms with E-state index in [1.807, 2.05) is 11.6 Å². The second-order valence-electron chi connectivity index (χ2n) is 4.73. The van der Waals surface area contributed by atoms with Crippen molar-refractivity contribution in [1.82, 2.24) is 14.8 Å². The van der Waals surface area contributed by atoms with Gasteiger partial charge in [0.25, 0.3) is 0 Å². The molecule has 0 bridgehead atoms. The number of hydrogen-bond acceptors (Lipinski definition) is 4. The van der Waals surface area contributed by atoms with Crippen LogP contribution in [0.3, 0.4) is 0 Å². The van der Waals surface area contributed by atoms with Crippen LogP contribution in [-0.4, -0.2) is 9.38 Å². The summed E-state index contributed by atoms with van der Waals surface area (Å²) in [6.45, 7) is 2.12. The SMILES string of the molecule is Cc1cccc(C(Cc2cn3ccsc3n2)NN)c1I. The Kier molecular flexibility index (Phi) is 4.06. The molecule has 0 amide bonds. The molecule has 4 nitrogen and oxygen atoms in total. The van der Waals surface area contributed by atoms with Gasteiger partial charge < -0.3 is 0 Å². The molecule has 0 radical (unpaired) electrons. The monoisotopic (exact) mass is 398 g/mol. The Morgan fingerprint density at radius 1 is 1.50 bits per heavy atom. The fraction of sp³-hybridized carbons (Fsp3) is 0.214. The third kappa shape index (κ3) is 2.60. The van der Waals surface area contributed by atoms with Gasteiger partial charge in [0.05, 0.1) is 11.7 Å². The zero-order valence-corrected chi connectivity index (χ0v) is 14.0. The average Bonchev–Trinajstić information content (AvgIpc) is 3.00. The first-order valence-corrected chi connectivity index (χ1v) is 8.27. The predicted octanol–water partition coefficient (Wildman–Crippen LogP) is 3.06. The van der Waals surface area contributed by atoms with Crippen LogP contribution in [0.4, 0.5) is 0 Å².